The first kappa shape index (κ1) is 13.3. The number of cyclic esters (lactones) is 1. The molecule has 1 aromatic carbocycles. The molecule has 3 rings (SSSR count). The van der Waals surface area contributed by atoms with Crippen molar-refractivity contribution < 1.29 is 23.8 Å². The second-order valence-corrected chi connectivity index (χ2v) is 4.58. The molecule has 0 aliphatic carbocycles. The number of hydrogen-bond acceptors (Lipinski definition) is 5. The van der Waals surface area contributed by atoms with Gasteiger partial charge in [0.15, 0.2) is 11.5 Å². The number of hydrogen-bond donors (Lipinski definition) is 2. The van der Waals surface area contributed by atoms with Crippen molar-refractivity contribution in [1.82, 2.24) is 10.6 Å². The van der Waals surface area contributed by atoms with Gasteiger partial charge in [-0.1, -0.05) is 12.1 Å². The van der Waals surface area contributed by atoms with E-state index in [4.69, 9.17) is 14.2 Å². The Kier molecular flexibility index (Phi) is 3.17. The summed E-state index contributed by atoms with van der Waals surface area (Å²) >= 11 is 0. The van der Waals surface area contributed by atoms with Crippen molar-refractivity contribution in [2.24, 2.45) is 0 Å². The van der Waals surface area contributed by atoms with Crippen LogP contribution in [0.2, 0.25) is 0 Å². The van der Waals surface area contributed by atoms with E-state index in [-0.39, 0.29) is 12.6 Å². The summed E-state index contributed by atoms with van der Waals surface area (Å²) in [6.45, 7) is 0.0738. The lowest BCUT2D eigenvalue weighted by Crippen LogP contribution is -2.44. The van der Waals surface area contributed by atoms with Gasteiger partial charge in [0.05, 0.1) is 31.5 Å². The van der Waals surface area contributed by atoms with E-state index in [1.807, 2.05) is 0 Å². The van der Waals surface area contributed by atoms with Gasteiger partial charge in [0.25, 0.3) is 0 Å². The largest absolute Gasteiger partial charge is 0.493 e. The molecular weight excluding hydrogens is 276 g/mol. The van der Waals surface area contributed by atoms with Gasteiger partial charge in [0, 0.05) is 5.56 Å². The number of esters is 1. The van der Waals surface area contributed by atoms with Crippen LogP contribution in [0.1, 0.15) is 11.6 Å². The molecule has 0 radical (unpaired) electrons. The van der Waals surface area contributed by atoms with Crippen molar-refractivity contribution in [3.8, 4) is 11.5 Å². The molecule has 7 heteroatoms. The van der Waals surface area contributed by atoms with Crippen LogP contribution in [0.25, 0.3) is 0 Å². The molecule has 21 heavy (non-hydrogen) atoms. The molecule has 2 aliphatic heterocycles. The molecule has 1 aromatic rings. The van der Waals surface area contributed by atoms with Crippen molar-refractivity contribution in [2.75, 3.05) is 20.8 Å². The first-order valence-electron chi connectivity index (χ1n) is 6.34. The smallest absolute Gasteiger partial charge is 0.338 e. The van der Waals surface area contributed by atoms with Gasteiger partial charge in [-0.3, -0.25) is 0 Å². The van der Waals surface area contributed by atoms with E-state index in [2.05, 4.69) is 10.6 Å². The molecule has 0 saturated carbocycles. The van der Waals surface area contributed by atoms with E-state index < -0.39 is 12.0 Å². The number of rotatable bonds is 3. The quantitative estimate of drug-likeness (QED) is 0.807. The molecule has 2 N–H and O–H groups in total. The lowest BCUT2D eigenvalue weighted by atomic mass is 9.95. The number of carbonyl (C=O) groups excluding carboxylic acids is 2. The molecule has 2 amide bonds. The minimum atomic E-state index is -0.631. The average Bonchev–Trinajstić information content (AvgIpc) is 2.86. The van der Waals surface area contributed by atoms with Crippen LogP contribution in [-0.2, 0) is 9.53 Å². The fraction of sp³-hybridized carbons (Fsp3) is 0.286. The normalized spacial score (nSPS) is 20.4. The monoisotopic (exact) mass is 290 g/mol. The summed E-state index contributed by atoms with van der Waals surface area (Å²) in [6, 6.07) is 4.27. The molecule has 2 heterocycles. The number of benzene rings is 1. The van der Waals surface area contributed by atoms with Gasteiger partial charge in [-0.2, -0.15) is 0 Å². The van der Waals surface area contributed by atoms with Crippen LogP contribution in [0, 0.1) is 0 Å². The van der Waals surface area contributed by atoms with Crippen LogP contribution in [0.3, 0.4) is 0 Å². The van der Waals surface area contributed by atoms with Gasteiger partial charge in [0.2, 0.25) is 0 Å². The number of carbonyl (C=O) groups is 2. The van der Waals surface area contributed by atoms with Gasteiger partial charge in [-0.25, -0.2) is 9.59 Å². The molecular formula is C14H14N2O5. The van der Waals surface area contributed by atoms with Gasteiger partial charge in [-0.15, -0.1) is 0 Å². The summed E-state index contributed by atoms with van der Waals surface area (Å²) in [5.74, 6) is 0.544. The molecule has 2 aliphatic rings. The van der Waals surface area contributed by atoms with Crippen LogP contribution >= 0.6 is 0 Å². The van der Waals surface area contributed by atoms with Crippen LogP contribution in [-0.4, -0.2) is 32.8 Å². The summed E-state index contributed by atoms with van der Waals surface area (Å²) in [5.41, 5.74) is 1.51. The summed E-state index contributed by atoms with van der Waals surface area (Å²) in [5, 5.41) is 5.30. The molecule has 0 saturated heterocycles. The summed E-state index contributed by atoms with van der Waals surface area (Å²) in [6.07, 6.45) is 0. The zero-order valence-corrected chi connectivity index (χ0v) is 11.6. The van der Waals surface area contributed by atoms with Crippen molar-refractivity contribution in [1.29, 1.82) is 0 Å². The third kappa shape index (κ3) is 2.06. The lowest BCUT2D eigenvalue weighted by molar-refractivity contribution is -0.136. The SMILES string of the molecule is COc1cccc([C@H]2NC(=O)NC3=C2C(=O)OC3)c1OC. The minimum absolute atomic E-state index is 0.0738. The van der Waals surface area contributed by atoms with Crippen LogP contribution in [0.4, 0.5) is 4.79 Å². The molecule has 0 spiro atoms. The maximum atomic E-state index is 11.9. The van der Waals surface area contributed by atoms with E-state index in [1.54, 1.807) is 18.2 Å². The number of para-hydroxylation sites is 1. The molecule has 0 bridgehead atoms. The van der Waals surface area contributed by atoms with E-state index in [0.717, 1.165) is 0 Å². The highest BCUT2D eigenvalue weighted by molar-refractivity contribution is 5.97. The Morgan fingerprint density at radius 3 is 2.76 bits per heavy atom. The topological polar surface area (TPSA) is 85.9 Å². The Labute approximate surface area is 120 Å². The van der Waals surface area contributed by atoms with Crippen LogP contribution < -0.4 is 20.1 Å². The number of urea groups is 1. The van der Waals surface area contributed by atoms with Gasteiger partial charge in [0.1, 0.15) is 6.61 Å². The van der Waals surface area contributed by atoms with Gasteiger partial charge >= 0.3 is 12.0 Å². The van der Waals surface area contributed by atoms with E-state index >= 15 is 0 Å². The van der Waals surface area contributed by atoms with Crippen molar-refractivity contribution in [3.05, 3.63) is 35.0 Å². The Bertz CT molecular complexity index is 653. The number of methoxy groups -OCH3 is 2. The summed E-state index contributed by atoms with van der Waals surface area (Å²) < 4.78 is 15.6. The Morgan fingerprint density at radius 1 is 1.24 bits per heavy atom. The number of nitrogens with one attached hydrogen (secondary N) is 2. The summed E-state index contributed by atoms with van der Waals surface area (Å²) in [7, 11) is 3.03. The van der Waals surface area contributed by atoms with Crippen molar-refractivity contribution >= 4 is 12.0 Å². The molecule has 7 nitrogen and oxygen atoms in total. The van der Waals surface area contributed by atoms with E-state index in [1.165, 1.54) is 14.2 Å². The predicted molar refractivity (Wildman–Crippen MR) is 71.9 cm³/mol. The number of ether oxygens (including phenoxy) is 3. The maximum absolute atomic E-state index is 11.9. The van der Waals surface area contributed by atoms with Gasteiger partial charge in [-0.05, 0) is 6.07 Å². The van der Waals surface area contributed by atoms with Gasteiger partial charge < -0.3 is 24.8 Å². The molecule has 1 atom stereocenters. The second kappa shape index (κ2) is 5.01. The highest BCUT2D eigenvalue weighted by atomic mass is 16.5. The zero-order chi connectivity index (χ0) is 15.0. The zero-order valence-electron chi connectivity index (χ0n) is 11.6. The first-order chi connectivity index (χ1) is 10.2. The van der Waals surface area contributed by atoms with Crippen LogP contribution in [0.5, 0.6) is 11.5 Å². The predicted octanol–water partition coefficient (Wildman–Crippen LogP) is 0.869. The minimum Gasteiger partial charge on any atom is -0.493 e. The fourth-order valence-corrected chi connectivity index (χ4v) is 2.56. The highest BCUT2D eigenvalue weighted by Gasteiger charge is 2.39. The lowest BCUT2D eigenvalue weighted by Gasteiger charge is -2.26. The Balaban J connectivity index is 2.13. The van der Waals surface area contributed by atoms with Crippen molar-refractivity contribution in [2.45, 2.75) is 6.04 Å². The second-order valence-electron chi connectivity index (χ2n) is 4.58. The molecule has 0 aromatic heterocycles. The van der Waals surface area contributed by atoms with E-state index in [9.17, 15) is 9.59 Å². The Hall–Kier alpha value is -2.70. The standard InChI is InChI=1S/C14H14N2O5/c1-19-9-5-3-4-7(12(9)20-2)11-10-8(6-21-13(10)17)15-14(18)16-11/h3-5,11H,6H2,1-2H3,(H2,15,16,18)/t11-/m1/s1. The Morgan fingerprint density at radius 2 is 2.05 bits per heavy atom. The fourth-order valence-electron chi connectivity index (χ4n) is 2.56. The third-order valence-electron chi connectivity index (χ3n) is 3.47. The first-order valence-corrected chi connectivity index (χ1v) is 6.34. The maximum Gasteiger partial charge on any atom is 0.338 e. The number of amides is 2. The third-order valence-corrected chi connectivity index (χ3v) is 3.47. The molecule has 0 unspecified atom stereocenters. The average molecular weight is 290 g/mol. The molecule has 0 fully saturated rings. The van der Waals surface area contributed by atoms with Crippen LogP contribution in [0.15, 0.2) is 29.5 Å². The van der Waals surface area contributed by atoms with E-state index in [0.29, 0.717) is 28.3 Å². The summed E-state index contributed by atoms with van der Waals surface area (Å²) in [4.78, 5) is 23.7. The van der Waals surface area contributed by atoms with Crippen molar-refractivity contribution in [3.63, 3.8) is 0 Å². The molecule has 110 valence electrons. The highest BCUT2D eigenvalue weighted by Crippen LogP contribution is 2.40.